The minimum absolute atomic E-state index is 0.0476. The Bertz CT molecular complexity index is 1010. The average molecular weight is 454 g/mol. The topological polar surface area (TPSA) is 120 Å². The Kier molecular flexibility index (Phi) is 7.89. The third-order valence-electron chi connectivity index (χ3n) is 5.09. The second kappa shape index (κ2) is 10.8. The van der Waals surface area contributed by atoms with Gasteiger partial charge in [0.1, 0.15) is 12.0 Å². The van der Waals surface area contributed by atoms with Gasteiger partial charge in [0.2, 0.25) is 5.91 Å². The summed E-state index contributed by atoms with van der Waals surface area (Å²) in [4.78, 5) is 32.3. The number of benzene rings is 2. The van der Waals surface area contributed by atoms with Crippen LogP contribution in [0.5, 0.6) is 5.75 Å². The monoisotopic (exact) mass is 453 g/mol. The van der Waals surface area contributed by atoms with E-state index in [0.29, 0.717) is 30.1 Å². The summed E-state index contributed by atoms with van der Waals surface area (Å²) in [6.07, 6.45) is -0.561. The van der Waals surface area contributed by atoms with Gasteiger partial charge in [0.05, 0.1) is 12.2 Å². The normalized spacial score (nSPS) is 13.7. The fourth-order valence-electron chi connectivity index (χ4n) is 3.50. The third-order valence-corrected chi connectivity index (χ3v) is 5.09. The van der Waals surface area contributed by atoms with Crippen LogP contribution in [0.4, 0.5) is 11.4 Å². The van der Waals surface area contributed by atoms with Crippen molar-refractivity contribution in [1.82, 2.24) is 10.2 Å². The summed E-state index contributed by atoms with van der Waals surface area (Å²) in [6.45, 7) is 5.92. The van der Waals surface area contributed by atoms with E-state index in [2.05, 4.69) is 10.3 Å². The summed E-state index contributed by atoms with van der Waals surface area (Å²) in [6, 6.07) is 14.3. The highest BCUT2D eigenvalue weighted by Crippen LogP contribution is 2.30. The summed E-state index contributed by atoms with van der Waals surface area (Å²) in [5.41, 5.74) is 8.19. The zero-order valence-electron chi connectivity index (χ0n) is 19.2. The number of rotatable bonds is 9. The number of aliphatic imine (C=N–C) groups is 1. The number of ether oxygens (including phenoxy) is 1. The van der Waals surface area contributed by atoms with Crippen molar-refractivity contribution >= 4 is 29.1 Å². The molecule has 2 amide bonds. The van der Waals surface area contributed by atoms with Gasteiger partial charge in [0.25, 0.3) is 5.91 Å². The standard InChI is InChI=1S/C24H31N5O4/c1-4-22(31)29(18-8-6-5-7-9-18)23(32)15-33-19-11-10-17-13-28(14-21(30)26-16(2)3)24(25)27-20(17)12-19/h5-12,16,22,31H,4,13-15H2,1-3H3,(H2,25,27)(H,26,30). The fraction of sp³-hybridized carbons (Fsp3) is 0.375. The van der Waals surface area contributed by atoms with E-state index in [4.69, 9.17) is 10.5 Å². The van der Waals surface area contributed by atoms with E-state index in [1.54, 1.807) is 48.2 Å². The molecule has 2 aromatic carbocycles. The van der Waals surface area contributed by atoms with Crippen molar-refractivity contribution in [3.63, 3.8) is 0 Å². The number of guanidine groups is 1. The highest BCUT2D eigenvalue weighted by atomic mass is 16.5. The van der Waals surface area contributed by atoms with E-state index in [1.165, 1.54) is 4.90 Å². The molecule has 0 spiro atoms. The number of carbonyl (C=O) groups excluding carboxylic acids is 2. The van der Waals surface area contributed by atoms with Gasteiger partial charge in [-0.25, -0.2) is 4.99 Å². The second-order valence-electron chi connectivity index (χ2n) is 8.12. The summed E-state index contributed by atoms with van der Waals surface area (Å²) in [5.74, 6) is 0.223. The van der Waals surface area contributed by atoms with Crippen molar-refractivity contribution < 1.29 is 19.4 Å². The maximum Gasteiger partial charge on any atom is 0.267 e. The molecule has 0 fully saturated rings. The third kappa shape index (κ3) is 6.23. The molecule has 33 heavy (non-hydrogen) atoms. The molecule has 9 nitrogen and oxygen atoms in total. The summed E-state index contributed by atoms with van der Waals surface area (Å²) in [7, 11) is 0. The first-order valence-electron chi connectivity index (χ1n) is 11.0. The molecule has 0 saturated heterocycles. The van der Waals surface area contributed by atoms with E-state index < -0.39 is 6.23 Å². The predicted molar refractivity (Wildman–Crippen MR) is 127 cm³/mol. The van der Waals surface area contributed by atoms with E-state index in [-0.39, 0.29) is 37.0 Å². The molecule has 1 aliphatic rings. The first-order chi connectivity index (χ1) is 15.8. The lowest BCUT2D eigenvalue weighted by Crippen LogP contribution is -2.46. The number of nitrogens with one attached hydrogen (secondary N) is 1. The van der Waals surface area contributed by atoms with Crippen LogP contribution in [0.2, 0.25) is 0 Å². The lowest BCUT2D eigenvalue weighted by molar-refractivity contribution is -0.123. The molecular formula is C24H31N5O4. The molecule has 2 aromatic rings. The number of nitrogens with two attached hydrogens (primary N) is 1. The Balaban J connectivity index is 1.66. The average Bonchev–Trinajstić information content (AvgIpc) is 2.78. The Hall–Kier alpha value is -3.59. The molecule has 0 bridgehead atoms. The first kappa shape index (κ1) is 24.1. The van der Waals surface area contributed by atoms with Gasteiger partial charge >= 0.3 is 0 Å². The zero-order valence-corrected chi connectivity index (χ0v) is 19.2. The van der Waals surface area contributed by atoms with E-state index in [1.807, 2.05) is 26.0 Å². The van der Waals surface area contributed by atoms with Gasteiger partial charge < -0.3 is 25.8 Å². The van der Waals surface area contributed by atoms with Crippen molar-refractivity contribution in [1.29, 1.82) is 0 Å². The molecule has 176 valence electrons. The first-order valence-corrected chi connectivity index (χ1v) is 11.0. The SMILES string of the molecule is CCC(O)N(C(=O)COc1ccc2c(c1)N=C(N)N(CC(=O)NC(C)C)C2)c1ccccc1. The van der Waals surface area contributed by atoms with Crippen LogP contribution in [-0.2, 0) is 16.1 Å². The summed E-state index contributed by atoms with van der Waals surface area (Å²) < 4.78 is 5.71. The van der Waals surface area contributed by atoms with Crippen LogP contribution in [-0.4, -0.2) is 53.2 Å². The number of hydrogen-bond donors (Lipinski definition) is 3. The number of aliphatic hydroxyl groups is 1. The lowest BCUT2D eigenvalue weighted by atomic mass is 10.1. The van der Waals surface area contributed by atoms with E-state index >= 15 is 0 Å². The summed E-state index contributed by atoms with van der Waals surface area (Å²) in [5, 5.41) is 13.2. The van der Waals surface area contributed by atoms with Gasteiger partial charge in [0, 0.05) is 24.3 Å². The molecular weight excluding hydrogens is 422 g/mol. The van der Waals surface area contributed by atoms with Gasteiger partial charge in [-0.3, -0.25) is 14.5 Å². The molecule has 1 unspecified atom stereocenters. The lowest BCUT2D eigenvalue weighted by Gasteiger charge is -2.28. The molecule has 1 aliphatic heterocycles. The molecule has 9 heteroatoms. The Labute approximate surface area is 193 Å². The van der Waals surface area contributed by atoms with Crippen LogP contribution in [0.15, 0.2) is 53.5 Å². The minimum atomic E-state index is -0.949. The molecule has 0 aromatic heterocycles. The van der Waals surface area contributed by atoms with Crippen LogP contribution < -0.4 is 20.7 Å². The van der Waals surface area contributed by atoms with Crippen molar-refractivity contribution in [2.24, 2.45) is 10.7 Å². The minimum Gasteiger partial charge on any atom is -0.484 e. The zero-order chi connectivity index (χ0) is 24.0. The molecule has 0 saturated carbocycles. The number of para-hydroxylation sites is 1. The smallest absolute Gasteiger partial charge is 0.267 e. The summed E-state index contributed by atoms with van der Waals surface area (Å²) >= 11 is 0. The highest BCUT2D eigenvalue weighted by Gasteiger charge is 2.24. The molecule has 3 rings (SSSR count). The van der Waals surface area contributed by atoms with Gasteiger partial charge in [-0.05, 0) is 44.0 Å². The maximum atomic E-state index is 12.8. The predicted octanol–water partition coefficient (Wildman–Crippen LogP) is 2.11. The Morgan fingerprint density at radius 1 is 1.24 bits per heavy atom. The Morgan fingerprint density at radius 3 is 2.64 bits per heavy atom. The van der Waals surface area contributed by atoms with Crippen molar-refractivity contribution in [2.75, 3.05) is 18.1 Å². The van der Waals surface area contributed by atoms with Crippen LogP contribution in [0, 0.1) is 0 Å². The number of nitrogens with zero attached hydrogens (tertiary/aromatic N) is 3. The van der Waals surface area contributed by atoms with Gasteiger partial charge in [-0.1, -0.05) is 31.2 Å². The van der Waals surface area contributed by atoms with Gasteiger partial charge in [-0.15, -0.1) is 0 Å². The molecule has 1 heterocycles. The molecule has 0 radical (unpaired) electrons. The van der Waals surface area contributed by atoms with Crippen molar-refractivity contribution in [3.05, 3.63) is 54.1 Å². The number of anilines is 1. The molecule has 4 N–H and O–H groups in total. The second-order valence-corrected chi connectivity index (χ2v) is 8.12. The number of carbonyl (C=O) groups is 2. The quantitative estimate of drug-likeness (QED) is 0.500. The van der Waals surface area contributed by atoms with Gasteiger partial charge in [-0.2, -0.15) is 0 Å². The van der Waals surface area contributed by atoms with Gasteiger partial charge in [0.15, 0.2) is 12.6 Å². The van der Waals surface area contributed by atoms with Crippen LogP contribution in [0.25, 0.3) is 0 Å². The van der Waals surface area contributed by atoms with Crippen LogP contribution >= 0.6 is 0 Å². The number of aliphatic hydroxyl groups excluding tert-OH is 1. The van der Waals surface area contributed by atoms with Crippen LogP contribution in [0.3, 0.4) is 0 Å². The van der Waals surface area contributed by atoms with E-state index in [0.717, 1.165) is 5.56 Å². The molecule has 0 aliphatic carbocycles. The largest absolute Gasteiger partial charge is 0.484 e. The molecule has 1 atom stereocenters. The van der Waals surface area contributed by atoms with Crippen LogP contribution in [0.1, 0.15) is 32.8 Å². The number of hydrogen-bond acceptors (Lipinski definition) is 7. The van der Waals surface area contributed by atoms with E-state index in [9.17, 15) is 14.7 Å². The highest BCUT2D eigenvalue weighted by molar-refractivity contribution is 5.94. The maximum absolute atomic E-state index is 12.8. The fourth-order valence-corrected chi connectivity index (χ4v) is 3.50. The van der Waals surface area contributed by atoms with Crippen molar-refractivity contribution in [2.45, 2.75) is 46.0 Å². The van der Waals surface area contributed by atoms with Crippen molar-refractivity contribution in [3.8, 4) is 5.75 Å². The number of fused-ring (bicyclic) bond motifs is 1. The number of amides is 2. The Morgan fingerprint density at radius 2 is 1.97 bits per heavy atom.